The summed E-state index contributed by atoms with van der Waals surface area (Å²) < 4.78 is 8.02. The topological polar surface area (TPSA) is 114 Å². The number of nitrogens with two attached hydrogens (primary N) is 1. The predicted octanol–water partition coefficient (Wildman–Crippen LogP) is 0.282. The Morgan fingerprint density at radius 3 is 2.78 bits per heavy atom. The van der Waals surface area contributed by atoms with Gasteiger partial charge in [-0.1, -0.05) is 12.1 Å². The Hall–Kier alpha value is -1.20. The zero-order chi connectivity index (χ0) is 16.6. The van der Waals surface area contributed by atoms with E-state index in [4.69, 9.17) is 15.6 Å². The number of benzene rings is 1. The third kappa shape index (κ3) is 3.22. The lowest BCUT2D eigenvalue weighted by Crippen LogP contribution is -2.33. The van der Waals surface area contributed by atoms with Crippen molar-refractivity contribution in [1.82, 2.24) is 9.55 Å². The van der Waals surface area contributed by atoms with Crippen molar-refractivity contribution < 1.29 is 20.1 Å². The molecule has 0 amide bonds. The summed E-state index contributed by atoms with van der Waals surface area (Å²) in [6.07, 6.45) is -0.804. The average molecular weight is 430 g/mol. The van der Waals surface area contributed by atoms with Gasteiger partial charge in [-0.25, -0.2) is 4.98 Å². The zero-order valence-electron chi connectivity index (χ0n) is 12.1. The smallest absolute Gasteiger partial charge is 0.165 e. The highest BCUT2D eigenvalue weighted by Gasteiger charge is 2.44. The van der Waals surface area contributed by atoms with Gasteiger partial charge in [0, 0.05) is 9.99 Å². The van der Waals surface area contributed by atoms with E-state index in [0.717, 1.165) is 9.13 Å². The number of halogens is 1. The SMILES string of the molecule is Nc1c([CH]c2cccc(I)c2)ncn1[C@@H]1O[C@H](CO)[C@@H](O)[C@H]1O. The molecule has 1 aromatic carbocycles. The molecule has 2 heterocycles. The van der Waals surface area contributed by atoms with Gasteiger partial charge >= 0.3 is 0 Å². The van der Waals surface area contributed by atoms with Gasteiger partial charge in [-0.15, -0.1) is 0 Å². The van der Waals surface area contributed by atoms with Gasteiger partial charge in [-0.05, 0) is 40.3 Å². The van der Waals surface area contributed by atoms with Crippen LogP contribution in [0.5, 0.6) is 0 Å². The number of rotatable bonds is 4. The monoisotopic (exact) mass is 430 g/mol. The van der Waals surface area contributed by atoms with E-state index in [1.165, 1.54) is 10.9 Å². The third-order valence-corrected chi connectivity index (χ3v) is 4.48. The maximum absolute atomic E-state index is 10.1. The minimum atomic E-state index is -1.19. The highest BCUT2D eigenvalue weighted by atomic mass is 127. The molecular weight excluding hydrogens is 413 g/mol. The highest BCUT2D eigenvalue weighted by molar-refractivity contribution is 14.1. The summed E-state index contributed by atoms with van der Waals surface area (Å²) in [5.41, 5.74) is 7.60. The van der Waals surface area contributed by atoms with Crippen LogP contribution in [0.2, 0.25) is 0 Å². The summed E-state index contributed by atoms with van der Waals surface area (Å²) in [4.78, 5) is 4.24. The number of aromatic nitrogens is 2. The van der Waals surface area contributed by atoms with Crippen LogP contribution in [0.4, 0.5) is 5.82 Å². The molecule has 1 aliphatic heterocycles. The van der Waals surface area contributed by atoms with Gasteiger partial charge in [0.15, 0.2) is 6.23 Å². The van der Waals surface area contributed by atoms with Gasteiger partial charge in [0.25, 0.3) is 0 Å². The highest BCUT2D eigenvalue weighted by Crippen LogP contribution is 2.32. The molecule has 1 saturated heterocycles. The van der Waals surface area contributed by atoms with Crippen LogP contribution < -0.4 is 5.73 Å². The molecule has 3 rings (SSSR count). The summed E-state index contributed by atoms with van der Waals surface area (Å²) in [7, 11) is 0. The van der Waals surface area contributed by atoms with Crippen LogP contribution in [-0.4, -0.2) is 49.8 Å². The largest absolute Gasteiger partial charge is 0.394 e. The number of hydrogen-bond acceptors (Lipinski definition) is 6. The van der Waals surface area contributed by atoms with Gasteiger partial charge in [0.2, 0.25) is 0 Å². The minimum Gasteiger partial charge on any atom is -0.394 e. The molecule has 1 radical (unpaired) electrons. The summed E-state index contributed by atoms with van der Waals surface area (Å²) in [5.74, 6) is 0.318. The maximum atomic E-state index is 10.1. The van der Waals surface area contributed by atoms with Crippen molar-refractivity contribution >= 4 is 28.4 Å². The summed E-state index contributed by atoms with van der Waals surface area (Å²) in [6.45, 7) is -0.384. The van der Waals surface area contributed by atoms with Gasteiger partial charge in [0.05, 0.1) is 18.6 Å². The number of imidazole rings is 1. The summed E-state index contributed by atoms with van der Waals surface area (Å²) >= 11 is 2.22. The fraction of sp³-hybridized carbons (Fsp3) is 0.333. The Bertz CT molecular complexity index is 693. The fourth-order valence-corrected chi connectivity index (χ4v) is 3.13. The van der Waals surface area contributed by atoms with Gasteiger partial charge in [-0.2, -0.15) is 0 Å². The van der Waals surface area contributed by atoms with Crippen LogP contribution in [0.25, 0.3) is 0 Å². The van der Waals surface area contributed by atoms with E-state index in [2.05, 4.69) is 27.6 Å². The molecule has 4 atom stereocenters. The van der Waals surface area contributed by atoms with E-state index in [0.29, 0.717) is 11.5 Å². The van der Waals surface area contributed by atoms with E-state index in [-0.39, 0.29) is 6.61 Å². The third-order valence-electron chi connectivity index (χ3n) is 3.81. The Morgan fingerprint density at radius 2 is 2.13 bits per heavy atom. The lowest BCUT2D eigenvalue weighted by Gasteiger charge is -2.17. The van der Waals surface area contributed by atoms with Crippen molar-refractivity contribution in [3.63, 3.8) is 0 Å². The molecule has 1 aliphatic rings. The van der Waals surface area contributed by atoms with Gasteiger partial charge in [-0.3, -0.25) is 4.57 Å². The first kappa shape index (κ1) is 16.7. The van der Waals surface area contributed by atoms with E-state index >= 15 is 0 Å². The van der Waals surface area contributed by atoms with Crippen LogP contribution >= 0.6 is 22.6 Å². The molecule has 8 heteroatoms. The Morgan fingerprint density at radius 1 is 1.35 bits per heavy atom. The van der Waals surface area contributed by atoms with Crippen LogP contribution in [0, 0.1) is 9.99 Å². The number of nitrogens with zero attached hydrogens (tertiary/aromatic N) is 2. The molecule has 1 fully saturated rings. The first-order chi connectivity index (χ1) is 11.0. The zero-order valence-corrected chi connectivity index (χ0v) is 14.2. The molecule has 23 heavy (non-hydrogen) atoms. The normalized spacial score (nSPS) is 27.5. The first-order valence-electron chi connectivity index (χ1n) is 7.06. The molecule has 0 spiro atoms. The van der Waals surface area contributed by atoms with Crippen molar-refractivity contribution in [2.45, 2.75) is 24.5 Å². The van der Waals surface area contributed by atoms with Crippen LogP contribution in [0.3, 0.4) is 0 Å². The fourth-order valence-electron chi connectivity index (χ4n) is 2.56. The van der Waals surface area contributed by atoms with Crippen molar-refractivity contribution in [3.05, 3.63) is 51.8 Å². The molecule has 0 bridgehead atoms. The van der Waals surface area contributed by atoms with Gasteiger partial charge in [0.1, 0.15) is 24.1 Å². The Labute approximate surface area is 146 Å². The van der Waals surface area contributed by atoms with Crippen molar-refractivity contribution in [1.29, 1.82) is 0 Å². The van der Waals surface area contributed by atoms with Crippen molar-refractivity contribution in [3.8, 4) is 0 Å². The first-order valence-corrected chi connectivity index (χ1v) is 8.14. The predicted molar refractivity (Wildman–Crippen MR) is 91.3 cm³/mol. The molecule has 5 N–H and O–H groups in total. The minimum absolute atomic E-state index is 0.318. The second-order valence-electron chi connectivity index (χ2n) is 5.35. The number of anilines is 1. The quantitative estimate of drug-likeness (QED) is 0.519. The molecule has 7 nitrogen and oxygen atoms in total. The number of aliphatic hydroxyl groups is 3. The standard InChI is InChI=1S/C15H17IN3O4/c16-9-3-1-2-8(4-9)5-10-14(17)19(7-18-10)15-13(22)12(21)11(6-20)23-15/h1-5,7,11-13,15,20-22H,6,17H2/t11-,12-,13-,15-/m1/s1. The molecule has 2 aromatic rings. The summed E-state index contributed by atoms with van der Waals surface area (Å²) in [6, 6.07) is 7.85. The molecule has 0 saturated carbocycles. The number of ether oxygens (including phenoxy) is 1. The molecular formula is C15H17IN3O4. The van der Waals surface area contributed by atoms with Crippen LogP contribution in [0.1, 0.15) is 17.5 Å². The molecule has 0 aliphatic carbocycles. The maximum Gasteiger partial charge on any atom is 0.165 e. The van der Waals surface area contributed by atoms with E-state index in [1.54, 1.807) is 0 Å². The number of hydrogen-bond donors (Lipinski definition) is 4. The summed E-state index contributed by atoms with van der Waals surface area (Å²) in [5, 5.41) is 29.1. The lowest BCUT2D eigenvalue weighted by atomic mass is 10.1. The van der Waals surface area contributed by atoms with Gasteiger partial charge < -0.3 is 25.8 Å². The average Bonchev–Trinajstić information content (AvgIpc) is 3.01. The lowest BCUT2D eigenvalue weighted by molar-refractivity contribution is -0.0518. The molecule has 1 aromatic heterocycles. The van der Waals surface area contributed by atoms with Crippen molar-refractivity contribution in [2.24, 2.45) is 0 Å². The van der Waals surface area contributed by atoms with Crippen molar-refractivity contribution in [2.75, 3.05) is 12.3 Å². The van der Waals surface area contributed by atoms with Crippen LogP contribution in [-0.2, 0) is 4.74 Å². The Kier molecular flexibility index (Phi) is 4.87. The molecule has 123 valence electrons. The van der Waals surface area contributed by atoms with E-state index in [1.807, 2.05) is 30.7 Å². The molecule has 0 unspecified atom stereocenters. The second kappa shape index (κ2) is 6.73. The second-order valence-corrected chi connectivity index (χ2v) is 6.60. The number of aliphatic hydroxyl groups excluding tert-OH is 3. The Balaban J connectivity index is 1.82. The number of nitrogen functional groups attached to an aromatic ring is 1. The van der Waals surface area contributed by atoms with E-state index < -0.39 is 24.5 Å². The van der Waals surface area contributed by atoms with E-state index in [9.17, 15) is 10.2 Å². The van der Waals surface area contributed by atoms with Crippen LogP contribution in [0.15, 0.2) is 30.6 Å².